The molecular weight excluding hydrogens is 208 g/mol. The topological polar surface area (TPSA) is 38.0 Å². The maximum atomic E-state index is 8.75. The van der Waals surface area contributed by atoms with Gasteiger partial charge in [0.25, 0.3) is 0 Å². The molecule has 0 saturated carbocycles. The summed E-state index contributed by atoms with van der Waals surface area (Å²) in [6, 6.07) is 0. The second-order valence-corrected chi connectivity index (χ2v) is 3.77. The summed E-state index contributed by atoms with van der Waals surface area (Å²) in [5.74, 6) is 0. The summed E-state index contributed by atoms with van der Waals surface area (Å²) in [6.45, 7) is 0.158. The molecule has 62 valence electrons. The lowest BCUT2D eigenvalue weighted by atomic mass is 10.2. The molecule has 4 heteroatoms. The Morgan fingerprint density at radius 1 is 1.82 bits per heavy atom. The number of nitrogens with zero attached hydrogens (tertiary/aromatic N) is 2. The molecule has 1 N–H and O–H groups in total. The quantitative estimate of drug-likeness (QED) is 0.760. The Morgan fingerprint density at radius 2 is 2.55 bits per heavy atom. The van der Waals surface area contributed by atoms with E-state index >= 15 is 0 Å². The summed E-state index contributed by atoms with van der Waals surface area (Å²) in [5, 5.41) is 8.75. The van der Waals surface area contributed by atoms with Crippen molar-refractivity contribution in [3.05, 3.63) is 18.2 Å². The van der Waals surface area contributed by atoms with Crippen LogP contribution >= 0.6 is 15.9 Å². The molecule has 0 radical (unpaired) electrons. The monoisotopic (exact) mass is 218 g/mol. The minimum Gasteiger partial charge on any atom is -0.395 e. The summed E-state index contributed by atoms with van der Waals surface area (Å²) < 4.78 is 1.95. The molecule has 11 heavy (non-hydrogen) atoms. The third-order valence-corrected chi connectivity index (χ3v) is 2.16. The Morgan fingerprint density at radius 3 is 3.00 bits per heavy atom. The van der Waals surface area contributed by atoms with Gasteiger partial charge >= 0.3 is 0 Å². The van der Waals surface area contributed by atoms with Crippen LogP contribution in [0.15, 0.2) is 12.5 Å². The van der Waals surface area contributed by atoms with Gasteiger partial charge in [-0.25, -0.2) is 4.98 Å². The van der Waals surface area contributed by atoms with Gasteiger partial charge in [-0.05, 0) is 0 Å². The predicted octanol–water partition coefficient (Wildman–Crippen LogP) is 0.718. The molecule has 0 bridgehead atoms. The second kappa shape index (κ2) is 3.88. The molecule has 0 aromatic carbocycles. The highest BCUT2D eigenvalue weighted by Crippen LogP contribution is 2.07. The van der Waals surface area contributed by atoms with Gasteiger partial charge in [0.05, 0.1) is 12.9 Å². The Balaban J connectivity index is 2.56. The van der Waals surface area contributed by atoms with Crippen molar-refractivity contribution in [2.24, 2.45) is 7.05 Å². The van der Waals surface area contributed by atoms with Crippen LogP contribution in [0.1, 0.15) is 5.69 Å². The van der Waals surface area contributed by atoms with E-state index in [9.17, 15) is 0 Å². The SMILES string of the molecule is Cn1cncc1CC(Br)CO. The van der Waals surface area contributed by atoms with Crippen molar-refractivity contribution in [2.45, 2.75) is 11.2 Å². The van der Waals surface area contributed by atoms with E-state index in [4.69, 9.17) is 5.11 Å². The standard InChI is InChI=1S/C7H11BrN2O/c1-10-5-9-3-7(10)2-6(8)4-11/h3,5-6,11H,2,4H2,1H3. The molecule has 0 aliphatic rings. The third kappa shape index (κ3) is 2.31. The number of imidazole rings is 1. The third-order valence-electron chi connectivity index (χ3n) is 1.55. The number of alkyl halides is 1. The van der Waals surface area contributed by atoms with Crippen LogP contribution in [0.5, 0.6) is 0 Å². The van der Waals surface area contributed by atoms with E-state index in [2.05, 4.69) is 20.9 Å². The number of hydrogen-bond donors (Lipinski definition) is 1. The van der Waals surface area contributed by atoms with Crippen molar-refractivity contribution >= 4 is 15.9 Å². The van der Waals surface area contributed by atoms with Gasteiger partial charge in [-0.2, -0.15) is 0 Å². The van der Waals surface area contributed by atoms with Crippen LogP contribution < -0.4 is 0 Å². The van der Waals surface area contributed by atoms with E-state index in [0.717, 1.165) is 12.1 Å². The van der Waals surface area contributed by atoms with Gasteiger partial charge in [0.15, 0.2) is 0 Å². The number of rotatable bonds is 3. The van der Waals surface area contributed by atoms with Gasteiger partial charge in [0.2, 0.25) is 0 Å². The zero-order valence-electron chi connectivity index (χ0n) is 6.37. The summed E-state index contributed by atoms with van der Waals surface area (Å²) >= 11 is 3.34. The van der Waals surface area contributed by atoms with Crippen molar-refractivity contribution in [2.75, 3.05) is 6.61 Å². The van der Waals surface area contributed by atoms with Crippen molar-refractivity contribution in [1.82, 2.24) is 9.55 Å². The lowest BCUT2D eigenvalue weighted by Gasteiger charge is -2.05. The molecule has 1 atom stereocenters. The summed E-state index contributed by atoms with van der Waals surface area (Å²) in [5.41, 5.74) is 1.13. The molecule has 0 fully saturated rings. The number of aryl methyl sites for hydroxylation is 1. The van der Waals surface area contributed by atoms with Crippen molar-refractivity contribution in [3.63, 3.8) is 0 Å². The Bertz CT molecular complexity index is 224. The van der Waals surface area contributed by atoms with E-state index in [1.807, 2.05) is 17.8 Å². The largest absolute Gasteiger partial charge is 0.395 e. The average Bonchev–Trinajstić information content (AvgIpc) is 2.37. The van der Waals surface area contributed by atoms with Gasteiger partial charge in [0, 0.05) is 30.2 Å². The fourth-order valence-corrected chi connectivity index (χ4v) is 1.20. The smallest absolute Gasteiger partial charge is 0.0945 e. The highest BCUT2D eigenvalue weighted by Gasteiger charge is 2.05. The molecule has 0 aliphatic carbocycles. The first-order chi connectivity index (χ1) is 5.24. The fraction of sp³-hybridized carbons (Fsp3) is 0.571. The molecule has 1 unspecified atom stereocenters. The molecular formula is C7H11BrN2O. The van der Waals surface area contributed by atoms with Gasteiger partial charge in [-0.15, -0.1) is 0 Å². The summed E-state index contributed by atoms with van der Waals surface area (Å²) in [4.78, 5) is 4.11. The second-order valence-electron chi connectivity index (χ2n) is 2.48. The van der Waals surface area contributed by atoms with E-state index in [1.54, 1.807) is 6.33 Å². The zero-order chi connectivity index (χ0) is 8.27. The molecule has 1 heterocycles. The highest BCUT2D eigenvalue weighted by atomic mass is 79.9. The first kappa shape index (κ1) is 8.74. The van der Waals surface area contributed by atoms with E-state index in [-0.39, 0.29) is 11.4 Å². The van der Waals surface area contributed by atoms with Crippen LogP contribution in [0, 0.1) is 0 Å². The number of aliphatic hydroxyl groups is 1. The highest BCUT2D eigenvalue weighted by molar-refractivity contribution is 9.09. The number of halogens is 1. The van der Waals surface area contributed by atoms with E-state index in [0.29, 0.717) is 0 Å². The fourth-order valence-electron chi connectivity index (χ4n) is 0.873. The lowest BCUT2D eigenvalue weighted by Crippen LogP contribution is -2.10. The molecule has 0 saturated heterocycles. The van der Waals surface area contributed by atoms with Gasteiger partial charge < -0.3 is 9.67 Å². The van der Waals surface area contributed by atoms with Crippen molar-refractivity contribution in [1.29, 1.82) is 0 Å². The lowest BCUT2D eigenvalue weighted by molar-refractivity contribution is 0.295. The van der Waals surface area contributed by atoms with Crippen molar-refractivity contribution in [3.8, 4) is 0 Å². The number of hydrogen-bond acceptors (Lipinski definition) is 2. The molecule has 0 amide bonds. The summed E-state index contributed by atoms with van der Waals surface area (Å²) in [6.07, 6.45) is 4.38. The zero-order valence-corrected chi connectivity index (χ0v) is 7.95. The molecule has 1 aromatic rings. The first-order valence-corrected chi connectivity index (χ1v) is 4.35. The van der Waals surface area contributed by atoms with Crippen LogP contribution in [-0.2, 0) is 13.5 Å². The minimum atomic E-state index is 0.137. The predicted molar refractivity (Wildman–Crippen MR) is 46.7 cm³/mol. The summed E-state index contributed by atoms with van der Waals surface area (Å²) in [7, 11) is 1.94. The Labute approximate surface area is 74.2 Å². The Hall–Kier alpha value is -0.350. The van der Waals surface area contributed by atoms with E-state index < -0.39 is 0 Å². The maximum absolute atomic E-state index is 8.75. The van der Waals surface area contributed by atoms with Crippen LogP contribution in [0.3, 0.4) is 0 Å². The molecule has 3 nitrogen and oxygen atoms in total. The van der Waals surface area contributed by atoms with Gasteiger partial charge in [0.1, 0.15) is 0 Å². The molecule has 1 aromatic heterocycles. The molecule has 0 aliphatic heterocycles. The molecule has 1 rings (SSSR count). The van der Waals surface area contributed by atoms with E-state index in [1.165, 1.54) is 0 Å². The normalized spacial score (nSPS) is 13.4. The number of aliphatic hydroxyl groups excluding tert-OH is 1. The van der Waals surface area contributed by atoms with Gasteiger partial charge in [-0.1, -0.05) is 15.9 Å². The average molecular weight is 219 g/mol. The van der Waals surface area contributed by atoms with Crippen LogP contribution in [0.2, 0.25) is 0 Å². The maximum Gasteiger partial charge on any atom is 0.0945 e. The molecule has 0 spiro atoms. The minimum absolute atomic E-state index is 0.137. The first-order valence-electron chi connectivity index (χ1n) is 3.44. The van der Waals surface area contributed by atoms with Crippen LogP contribution in [0.25, 0.3) is 0 Å². The van der Waals surface area contributed by atoms with Crippen LogP contribution in [0.4, 0.5) is 0 Å². The van der Waals surface area contributed by atoms with Crippen LogP contribution in [-0.4, -0.2) is 26.1 Å². The number of aromatic nitrogens is 2. The van der Waals surface area contributed by atoms with Crippen molar-refractivity contribution < 1.29 is 5.11 Å². The van der Waals surface area contributed by atoms with Gasteiger partial charge in [-0.3, -0.25) is 0 Å². The Kier molecular flexibility index (Phi) is 3.08.